The van der Waals surface area contributed by atoms with Crippen LogP contribution in [0.3, 0.4) is 0 Å². The van der Waals surface area contributed by atoms with Gasteiger partial charge in [0.2, 0.25) is 0 Å². The summed E-state index contributed by atoms with van der Waals surface area (Å²) in [5.74, 6) is -0.0369. The minimum Gasteiger partial charge on any atom is -0.467 e. The van der Waals surface area contributed by atoms with Crippen molar-refractivity contribution < 1.29 is 9.53 Å². The zero-order valence-corrected chi connectivity index (χ0v) is 9.26. The third-order valence-corrected chi connectivity index (χ3v) is 2.83. The molecule has 16 heavy (non-hydrogen) atoms. The molecule has 1 atom stereocenters. The number of carbonyl (C=O) groups is 1. The first-order chi connectivity index (χ1) is 7.92. The third kappa shape index (κ3) is 2.43. The van der Waals surface area contributed by atoms with E-state index in [1.165, 1.54) is 11.3 Å². The first-order valence-electron chi connectivity index (χ1n) is 4.75. The normalized spacial score (nSPS) is 12.0. The zero-order chi connectivity index (χ0) is 11.2. The molecule has 0 saturated heterocycles. The van der Waals surface area contributed by atoms with Crippen molar-refractivity contribution in [1.29, 1.82) is 0 Å². The van der Waals surface area contributed by atoms with Crippen LogP contribution in [0, 0.1) is 0 Å². The van der Waals surface area contributed by atoms with Crippen LogP contribution in [0.15, 0.2) is 35.4 Å². The molecule has 1 unspecified atom stereocenters. The van der Waals surface area contributed by atoms with Gasteiger partial charge in [0.15, 0.2) is 0 Å². The third-order valence-electron chi connectivity index (χ3n) is 2.23. The van der Waals surface area contributed by atoms with E-state index in [2.05, 4.69) is 9.97 Å². The Balaban J connectivity index is 2.25. The van der Waals surface area contributed by atoms with Crippen molar-refractivity contribution in [3.63, 3.8) is 0 Å². The lowest BCUT2D eigenvalue weighted by Crippen LogP contribution is -2.09. The number of pyridine rings is 1. The summed E-state index contributed by atoms with van der Waals surface area (Å²) in [6, 6.07) is 3.81. The second-order valence-corrected chi connectivity index (χ2v) is 3.90. The first-order valence-corrected chi connectivity index (χ1v) is 5.69. The average Bonchev–Trinajstić information content (AvgIpc) is 2.85. The Bertz CT molecular complexity index is 431. The summed E-state index contributed by atoms with van der Waals surface area (Å²) in [6.07, 6.45) is 3.47. The van der Waals surface area contributed by atoms with Crippen LogP contribution in [0.4, 0.5) is 0 Å². The summed E-state index contributed by atoms with van der Waals surface area (Å²) >= 11 is 1.52. The van der Waals surface area contributed by atoms with Gasteiger partial charge in [-0.05, 0) is 11.6 Å². The van der Waals surface area contributed by atoms with Gasteiger partial charge in [0.1, 0.15) is 6.61 Å². The van der Waals surface area contributed by atoms with Gasteiger partial charge in [-0.2, -0.15) is 0 Å². The summed E-state index contributed by atoms with van der Waals surface area (Å²) in [7, 11) is 0. The number of aromatic nitrogens is 2. The Morgan fingerprint density at radius 3 is 3.12 bits per heavy atom. The lowest BCUT2D eigenvalue weighted by molar-refractivity contribution is -0.128. The molecule has 4 nitrogen and oxygen atoms in total. The summed E-state index contributed by atoms with van der Waals surface area (Å²) < 4.78 is 4.83. The van der Waals surface area contributed by atoms with Gasteiger partial charge in [0.25, 0.3) is 6.47 Å². The highest BCUT2D eigenvalue weighted by molar-refractivity contribution is 7.07. The molecule has 2 aromatic heterocycles. The first kappa shape index (κ1) is 10.8. The predicted octanol–water partition coefficient (Wildman–Crippen LogP) is 1.84. The van der Waals surface area contributed by atoms with Crippen molar-refractivity contribution >= 4 is 17.8 Å². The molecule has 2 aromatic rings. The molecule has 2 heterocycles. The smallest absolute Gasteiger partial charge is 0.293 e. The van der Waals surface area contributed by atoms with Crippen LogP contribution >= 0.6 is 11.3 Å². The van der Waals surface area contributed by atoms with E-state index in [0.717, 1.165) is 11.3 Å². The van der Waals surface area contributed by atoms with Gasteiger partial charge in [0, 0.05) is 17.8 Å². The van der Waals surface area contributed by atoms with E-state index < -0.39 is 0 Å². The second-order valence-electron chi connectivity index (χ2n) is 3.18. The number of nitrogens with zero attached hydrogens (tertiary/aromatic N) is 2. The monoisotopic (exact) mass is 234 g/mol. The van der Waals surface area contributed by atoms with Gasteiger partial charge >= 0.3 is 0 Å². The van der Waals surface area contributed by atoms with E-state index in [9.17, 15) is 4.79 Å². The second kappa shape index (κ2) is 5.37. The minimum absolute atomic E-state index is 0.0369. The summed E-state index contributed by atoms with van der Waals surface area (Å²) in [4.78, 5) is 18.6. The molecule has 0 saturated carbocycles. The molecule has 0 aliphatic rings. The quantitative estimate of drug-likeness (QED) is 0.741. The summed E-state index contributed by atoms with van der Waals surface area (Å²) in [5, 5.41) is 1.95. The maximum absolute atomic E-state index is 10.3. The molecule has 0 spiro atoms. The van der Waals surface area contributed by atoms with E-state index in [1.807, 2.05) is 17.5 Å². The molecule has 0 amide bonds. The molecular formula is C11H10N2O2S. The van der Waals surface area contributed by atoms with Crippen LogP contribution in [0.25, 0.3) is 0 Å². The Kier molecular flexibility index (Phi) is 3.61. The largest absolute Gasteiger partial charge is 0.467 e. The van der Waals surface area contributed by atoms with Crippen molar-refractivity contribution in [3.05, 3.63) is 46.7 Å². The van der Waals surface area contributed by atoms with Crippen molar-refractivity contribution in [1.82, 2.24) is 9.97 Å². The maximum Gasteiger partial charge on any atom is 0.293 e. The predicted molar refractivity (Wildman–Crippen MR) is 60.2 cm³/mol. The molecule has 0 N–H and O–H groups in total. The molecule has 82 valence electrons. The maximum atomic E-state index is 10.3. The Morgan fingerprint density at radius 1 is 1.56 bits per heavy atom. The van der Waals surface area contributed by atoms with E-state index in [4.69, 9.17) is 4.74 Å². The van der Waals surface area contributed by atoms with Crippen LogP contribution in [0.1, 0.15) is 17.2 Å². The van der Waals surface area contributed by atoms with Crippen molar-refractivity contribution in [3.8, 4) is 0 Å². The van der Waals surface area contributed by atoms with Crippen LogP contribution in [-0.4, -0.2) is 23.0 Å². The Hall–Kier alpha value is -1.75. The van der Waals surface area contributed by atoms with Crippen LogP contribution in [-0.2, 0) is 9.53 Å². The van der Waals surface area contributed by atoms with Crippen LogP contribution in [0.5, 0.6) is 0 Å². The molecule has 5 heteroatoms. The van der Waals surface area contributed by atoms with Gasteiger partial charge in [0.05, 0.1) is 17.1 Å². The van der Waals surface area contributed by atoms with Crippen molar-refractivity contribution in [2.45, 2.75) is 5.92 Å². The fraction of sp³-hybridized carbons (Fsp3) is 0.182. The zero-order valence-electron chi connectivity index (χ0n) is 8.45. The lowest BCUT2D eigenvalue weighted by Gasteiger charge is -2.13. The summed E-state index contributed by atoms with van der Waals surface area (Å²) in [6.45, 7) is 0.745. The summed E-state index contributed by atoms with van der Waals surface area (Å²) in [5.41, 5.74) is 3.66. The van der Waals surface area contributed by atoms with Gasteiger partial charge in [-0.3, -0.25) is 9.78 Å². The number of ether oxygens (including phenoxy) is 1. The molecule has 0 aliphatic heterocycles. The number of rotatable bonds is 5. The molecule has 0 radical (unpaired) electrons. The SMILES string of the molecule is O=COCC(c1cccnc1)c1cscn1. The number of hydrogen-bond acceptors (Lipinski definition) is 5. The fourth-order valence-corrected chi connectivity index (χ4v) is 2.07. The van der Waals surface area contributed by atoms with Crippen molar-refractivity contribution in [2.75, 3.05) is 6.61 Å². The van der Waals surface area contributed by atoms with E-state index >= 15 is 0 Å². The van der Waals surface area contributed by atoms with Gasteiger partial charge in [-0.25, -0.2) is 4.98 Å². The standard InChI is InChI=1S/C11H10N2O2S/c14-8-15-5-10(11-6-16-7-13-11)9-2-1-3-12-4-9/h1-4,6-8,10H,5H2. The fourth-order valence-electron chi connectivity index (χ4n) is 1.46. The van der Waals surface area contributed by atoms with E-state index in [1.54, 1.807) is 17.9 Å². The molecular weight excluding hydrogens is 224 g/mol. The number of thiazole rings is 1. The highest BCUT2D eigenvalue weighted by Gasteiger charge is 2.16. The van der Waals surface area contributed by atoms with Gasteiger partial charge < -0.3 is 4.74 Å². The van der Waals surface area contributed by atoms with E-state index in [0.29, 0.717) is 13.1 Å². The molecule has 2 rings (SSSR count). The molecule has 0 fully saturated rings. The van der Waals surface area contributed by atoms with Gasteiger partial charge in [-0.15, -0.1) is 11.3 Å². The van der Waals surface area contributed by atoms with Crippen molar-refractivity contribution in [2.24, 2.45) is 0 Å². The molecule has 0 bridgehead atoms. The van der Waals surface area contributed by atoms with Crippen LogP contribution < -0.4 is 0 Å². The van der Waals surface area contributed by atoms with Gasteiger partial charge in [-0.1, -0.05) is 6.07 Å². The molecule has 0 aromatic carbocycles. The Labute approximate surface area is 96.9 Å². The minimum atomic E-state index is -0.0369. The lowest BCUT2D eigenvalue weighted by atomic mass is 9.99. The van der Waals surface area contributed by atoms with E-state index in [-0.39, 0.29) is 5.92 Å². The number of hydrogen-bond donors (Lipinski definition) is 0. The number of carbonyl (C=O) groups excluding carboxylic acids is 1. The Morgan fingerprint density at radius 2 is 2.50 bits per heavy atom. The molecule has 0 aliphatic carbocycles. The topological polar surface area (TPSA) is 52.1 Å². The highest BCUT2D eigenvalue weighted by atomic mass is 32.1. The highest BCUT2D eigenvalue weighted by Crippen LogP contribution is 2.23. The van der Waals surface area contributed by atoms with Crippen LogP contribution in [0.2, 0.25) is 0 Å². The average molecular weight is 234 g/mol.